The average Bonchev–Trinajstić information content (AvgIpc) is 2.42. The van der Waals surface area contributed by atoms with E-state index in [1.165, 1.54) is 11.8 Å². The molecule has 1 atom stereocenters. The zero-order chi connectivity index (χ0) is 15.0. The number of amides is 1. The zero-order valence-electron chi connectivity index (χ0n) is 11.9. The van der Waals surface area contributed by atoms with Gasteiger partial charge in [-0.3, -0.25) is 9.59 Å². The highest BCUT2D eigenvalue weighted by molar-refractivity contribution is 8.00. The van der Waals surface area contributed by atoms with Crippen LogP contribution in [0.25, 0.3) is 0 Å². The number of nitrogens with zero attached hydrogens (tertiary/aromatic N) is 1. The van der Waals surface area contributed by atoms with Crippen LogP contribution in [0.5, 0.6) is 0 Å². The lowest BCUT2D eigenvalue weighted by Gasteiger charge is -2.21. The number of hydrogen-bond donors (Lipinski definition) is 1. The molecule has 1 rings (SSSR count). The van der Waals surface area contributed by atoms with Crippen LogP contribution in [0.4, 0.5) is 0 Å². The minimum atomic E-state index is -0.825. The first kappa shape index (κ1) is 16.6. The second kappa shape index (κ2) is 8.64. The normalized spacial score (nSPS) is 11.9. The van der Waals surface area contributed by atoms with Gasteiger partial charge >= 0.3 is 5.97 Å². The van der Waals surface area contributed by atoms with Crippen LogP contribution in [0.15, 0.2) is 30.3 Å². The molecule has 0 bridgehead atoms. The average molecular weight is 295 g/mol. The van der Waals surface area contributed by atoms with Crippen LogP contribution in [-0.2, 0) is 16.1 Å². The molecule has 4 nitrogen and oxygen atoms in total. The number of aliphatic carboxylic acids is 1. The molecule has 0 aliphatic carbocycles. The van der Waals surface area contributed by atoms with Gasteiger partial charge in [-0.1, -0.05) is 37.3 Å². The Labute approximate surface area is 124 Å². The van der Waals surface area contributed by atoms with E-state index in [2.05, 4.69) is 0 Å². The number of benzene rings is 1. The van der Waals surface area contributed by atoms with Crippen molar-refractivity contribution in [2.75, 3.05) is 12.3 Å². The lowest BCUT2D eigenvalue weighted by molar-refractivity contribution is -0.137. The fraction of sp³-hybridized carbons (Fsp3) is 0.467. The molecule has 1 aromatic carbocycles. The van der Waals surface area contributed by atoms with E-state index in [0.717, 1.165) is 5.56 Å². The van der Waals surface area contributed by atoms with Crippen LogP contribution in [0.2, 0.25) is 0 Å². The standard InChI is InChI=1S/C15H21NO3S/c1-3-16(10-13-7-5-4-6-8-13)14(17)11-20-12(2)9-15(18)19/h4-8,12H,3,9-11H2,1-2H3,(H,18,19). The third-order valence-electron chi connectivity index (χ3n) is 2.90. The molecule has 0 aromatic heterocycles. The number of carbonyl (C=O) groups is 2. The first-order chi connectivity index (χ1) is 9.52. The van der Waals surface area contributed by atoms with Gasteiger partial charge in [0.25, 0.3) is 0 Å². The van der Waals surface area contributed by atoms with Crippen molar-refractivity contribution >= 4 is 23.6 Å². The van der Waals surface area contributed by atoms with Crippen LogP contribution in [0, 0.1) is 0 Å². The van der Waals surface area contributed by atoms with Crippen LogP contribution in [0.1, 0.15) is 25.8 Å². The van der Waals surface area contributed by atoms with Gasteiger partial charge in [0, 0.05) is 18.3 Å². The molecule has 1 aromatic rings. The van der Waals surface area contributed by atoms with Crippen LogP contribution < -0.4 is 0 Å². The summed E-state index contributed by atoms with van der Waals surface area (Å²) in [6.45, 7) is 5.04. The minimum absolute atomic E-state index is 0.0492. The summed E-state index contributed by atoms with van der Waals surface area (Å²) in [7, 11) is 0. The van der Waals surface area contributed by atoms with Gasteiger partial charge < -0.3 is 10.0 Å². The maximum Gasteiger partial charge on any atom is 0.304 e. The molecule has 5 heteroatoms. The first-order valence-corrected chi connectivity index (χ1v) is 7.73. The molecule has 110 valence electrons. The van der Waals surface area contributed by atoms with Crippen molar-refractivity contribution in [2.45, 2.75) is 32.1 Å². The Hall–Kier alpha value is -1.49. The summed E-state index contributed by atoms with van der Waals surface area (Å²) in [5.41, 5.74) is 1.10. The minimum Gasteiger partial charge on any atom is -0.481 e. The predicted octanol–water partition coefficient (Wildman–Crippen LogP) is 2.63. The largest absolute Gasteiger partial charge is 0.481 e. The number of carboxylic acids is 1. The summed E-state index contributed by atoms with van der Waals surface area (Å²) in [5.74, 6) is -0.442. The molecule has 0 spiro atoms. The van der Waals surface area contributed by atoms with Crippen molar-refractivity contribution in [3.63, 3.8) is 0 Å². The van der Waals surface area contributed by atoms with Crippen molar-refractivity contribution < 1.29 is 14.7 Å². The number of rotatable bonds is 8. The van der Waals surface area contributed by atoms with Gasteiger partial charge in [-0.25, -0.2) is 0 Å². The second-order valence-corrected chi connectivity index (χ2v) is 6.04. The lowest BCUT2D eigenvalue weighted by atomic mass is 10.2. The molecule has 20 heavy (non-hydrogen) atoms. The van der Waals surface area contributed by atoms with E-state index in [9.17, 15) is 9.59 Å². The number of carbonyl (C=O) groups excluding carboxylic acids is 1. The Balaban J connectivity index is 2.45. The van der Waals surface area contributed by atoms with Crippen molar-refractivity contribution in [1.29, 1.82) is 0 Å². The Morgan fingerprint density at radius 2 is 1.95 bits per heavy atom. The summed E-state index contributed by atoms with van der Waals surface area (Å²) in [5, 5.41) is 8.64. The lowest BCUT2D eigenvalue weighted by Crippen LogP contribution is -2.32. The molecule has 0 heterocycles. The molecular weight excluding hydrogens is 274 g/mol. The highest BCUT2D eigenvalue weighted by Crippen LogP contribution is 2.15. The molecule has 0 aliphatic rings. The summed E-state index contributed by atoms with van der Waals surface area (Å²) in [6.07, 6.45) is 0.0861. The van der Waals surface area contributed by atoms with E-state index < -0.39 is 5.97 Å². The third kappa shape index (κ3) is 6.10. The molecular formula is C15H21NO3S. The monoisotopic (exact) mass is 295 g/mol. The van der Waals surface area contributed by atoms with Gasteiger partial charge in [0.2, 0.25) is 5.91 Å². The number of thioether (sulfide) groups is 1. The van der Waals surface area contributed by atoms with E-state index in [1.807, 2.05) is 44.2 Å². The summed E-state index contributed by atoms with van der Waals surface area (Å²) >= 11 is 1.40. The summed E-state index contributed by atoms with van der Waals surface area (Å²) in [4.78, 5) is 24.5. The maximum absolute atomic E-state index is 12.1. The van der Waals surface area contributed by atoms with Crippen molar-refractivity contribution in [3.05, 3.63) is 35.9 Å². The van der Waals surface area contributed by atoms with Crippen LogP contribution >= 0.6 is 11.8 Å². The van der Waals surface area contributed by atoms with Gasteiger partial charge in [0.05, 0.1) is 12.2 Å². The third-order valence-corrected chi connectivity index (χ3v) is 4.05. The van der Waals surface area contributed by atoms with Gasteiger partial charge in [0.1, 0.15) is 0 Å². The number of carboxylic acid groups (broad SMARTS) is 1. The van der Waals surface area contributed by atoms with Crippen LogP contribution in [0.3, 0.4) is 0 Å². The van der Waals surface area contributed by atoms with Crippen molar-refractivity contribution in [1.82, 2.24) is 4.90 Å². The van der Waals surface area contributed by atoms with Crippen molar-refractivity contribution in [2.24, 2.45) is 0 Å². The Morgan fingerprint density at radius 1 is 1.30 bits per heavy atom. The smallest absolute Gasteiger partial charge is 0.304 e. The molecule has 1 amide bonds. The maximum atomic E-state index is 12.1. The van der Waals surface area contributed by atoms with Crippen LogP contribution in [-0.4, -0.2) is 39.4 Å². The Morgan fingerprint density at radius 3 is 2.50 bits per heavy atom. The Kier molecular flexibility index (Phi) is 7.15. The number of hydrogen-bond acceptors (Lipinski definition) is 3. The SMILES string of the molecule is CCN(Cc1ccccc1)C(=O)CSC(C)CC(=O)O. The Bertz CT molecular complexity index is 436. The van der Waals surface area contributed by atoms with E-state index >= 15 is 0 Å². The summed E-state index contributed by atoms with van der Waals surface area (Å²) in [6, 6.07) is 9.85. The van der Waals surface area contributed by atoms with E-state index in [4.69, 9.17) is 5.11 Å². The van der Waals surface area contributed by atoms with E-state index in [0.29, 0.717) is 18.8 Å². The van der Waals surface area contributed by atoms with E-state index in [-0.39, 0.29) is 17.6 Å². The molecule has 0 saturated heterocycles. The molecule has 0 fully saturated rings. The van der Waals surface area contributed by atoms with Gasteiger partial charge in [0.15, 0.2) is 0 Å². The van der Waals surface area contributed by atoms with Gasteiger partial charge in [-0.15, -0.1) is 11.8 Å². The molecule has 1 unspecified atom stereocenters. The molecule has 0 radical (unpaired) electrons. The fourth-order valence-electron chi connectivity index (χ4n) is 1.79. The first-order valence-electron chi connectivity index (χ1n) is 6.68. The molecule has 0 aliphatic heterocycles. The van der Waals surface area contributed by atoms with Gasteiger partial charge in [-0.2, -0.15) is 0 Å². The predicted molar refractivity (Wildman–Crippen MR) is 81.7 cm³/mol. The molecule has 0 saturated carbocycles. The highest BCUT2D eigenvalue weighted by atomic mass is 32.2. The highest BCUT2D eigenvalue weighted by Gasteiger charge is 2.15. The van der Waals surface area contributed by atoms with E-state index in [1.54, 1.807) is 4.90 Å². The second-order valence-electron chi connectivity index (χ2n) is 4.61. The molecule has 1 N–H and O–H groups in total. The zero-order valence-corrected chi connectivity index (χ0v) is 12.7. The quantitative estimate of drug-likeness (QED) is 0.801. The topological polar surface area (TPSA) is 57.6 Å². The fourth-order valence-corrected chi connectivity index (χ4v) is 2.66. The van der Waals surface area contributed by atoms with Gasteiger partial charge in [-0.05, 0) is 12.5 Å². The van der Waals surface area contributed by atoms with Crippen molar-refractivity contribution in [3.8, 4) is 0 Å². The summed E-state index contributed by atoms with van der Waals surface area (Å²) < 4.78 is 0.